The highest BCUT2D eigenvalue weighted by Crippen LogP contribution is 2.30. The van der Waals surface area contributed by atoms with Gasteiger partial charge < -0.3 is 15.8 Å². The number of hydrogen-bond donors (Lipinski definition) is 2. The molecule has 1 amide bonds. The van der Waals surface area contributed by atoms with Crippen molar-refractivity contribution in [3.05, 3.63) is 35.4 Å². The molecule has 0 aliphatic carbocycles. The minimum absolute atomic E-state index is 0.00466. The molecule has 0 spiro atoms. The zero-order valence-electron chi connectivity index (χ0n) is 12.3. The Bertz CT molecular complexity index is 467. The van der Waals surface area contributed by atoms with Crippen molar-refractivity contribution in [2.24, 2.45) is 11.1 Å². The summed E-state index contributed by atoms with van der Waals surface area (Å²) in [4.78, 5) is 12.6. The minimum Gasteiger partial charge on any atom is -0.381 e. The van der Waals surface area contributed by atoms with Crippen LogP contribution in [0.2, 0.25) is 0 Å². The summed E-state index contributed by atoms with van der Waals surface area (Å²) in [5.74, 6) is 0.0547. The van der Waals surface area contributed by atoms with Crippen LogP contribution in [0.3, 0.4) is 0 Å². The number of nitrogens with one attached hydrogen (secondary N) is 1. The van der Waals surface area contributed by atoms with Crippen molar-refractivity contribution < 1.29 is 9.53 Å². The maximum Gasteiger partial charge on any atom is 0.228 e. The smallest absolute Gasteiger partial charge is 0.228 e. The predicted molar refractivity (Wildman–Crippen MR) is 79.3 cm³/mol. The highest BCUT2D eigenvalue weighted by molar-refractivity contribution is 5.83. The first-order valence-corrected chi connectivity index (χ1v) is 7.23. The Balaban J connectivity index is 2.08. The Labute approximate surface area is 120 Å². The van der Waals surface area contributed by atoms with Crippen molar-refractivity contribution >= 4 is 5.91 Å². The number of carbonyl (C=O) groups is 1. The lowest BCUT2D eigenvalue weighted by Gasteiger charge is -2.35. The van der Waals surface area contributed by atoms with E-state index < -0.39 is 5.41 Å². The van der Waals surface area contributed by atoms with Gasteiger partial charge in [-0.1, -0.05) is 24.3 Å². The molecule has 0 aromatic heterocycles. The molecule has 1 heterocycles. The number of benzene rings is 1. The van der Waals surface area contributed by atoms with Crippen LogP contribution in [0.25, 0.3) is 0 Å². The van der Waals surface area contributed by atoms with Crippen LogP contribution >= 0.6 is 0 Å². The van der Waals surface area contributed by atoms with Gasteiger partial charge in [0.1, 0.15) is 0 Å². The van der Waals surface area contributed by atoms with Gasteiger partial charge in [0.25, 0.3) is 0 Å². The van der Waals surface area contributed by atoms with Crippen LogP contribution in [-0.2, 0) is 9.53 Å². The van der Waals surface area contributed by atoms with E-state index in [4.69, 9.17) is 10.5 Å². The van der Waals surface area contributed by atoms with Gasteiger partial charge in [0.2, 0.25) is 5.91 Å². The van der Waals surface area contributed by atoms with E-state index in [2.05, 4.69) is 24.4 Å². The minimum atomic E-state index is -0.463. The zero-order chi connectivity index (χ0) is 14.6. The van der Waals surface area contributed by atoms with Crippen LogP contribution in [-0.4, -0.2) is 25.7 Å². The summed E-state index contributed by atoms with van der Waals surface area (Å²) in [6.07, 6.45) is 1.41. The van der Waals surface area contributed by atoms with Gasteiger partial charge in [-0.15, -0.1) is 0 Å². The molecule has 1 aromatic carbocycles. The van der Waals surface area contributed by atoms with Gasteiger partial charge in [0.15, 0.2) is 0 Å². The predicted octanol–water partition coefficient (Wildman–Crippen LogP) is 1.93. The second kappa shape index (κ2) is 6.37. The van der Waals surface area contributed by atoms with Gasteiger partial charge in [-0.2, -0.15) is 0 Å². The normalized spacial score (nSPS) is 19.4. The van der Waals surface area contributed by atoms with Crippen molar-refractivity contribution in [2.45, 2.75) is 32.7 Å². The molecule has 3 N–H and O–H groups in total. The van der Waals surface area contributed by atoms with E-state index in [1.54, 1.807) is 0 Å². The number of amides is 1. The molecule has 0 bridgehead atoms. The lowest BCUT2D eigenvalue weighted by atomic mass is 9.79. The van der Waals surface area contributed by atoms with Crippen molar-refractivity contribution in [2.75, 3.05) is 19.8 Å². The molecule has 0 unspecified atom stereocenters. The largest absolute Gasteiger partial charge is 0.381 e. The maximum absolute atomic E-state index is 12.6. The van der Waals surface area contributed by atoms with E-state index >= 15 is 0 Å². The van der Waals surface area contributed by atoms with E-state index in [1.807, 2.05) is 19.1 Å². The van der Waals surface area contributed by atoms with Gasteiger partial charge in [0, 0.05) is 19.8 Å². The van der Waals surface area contributed by atoms with E-state index in [9.17, 15) is 4.79 Å². The number of ether oxygens (including phenoxy) is 1. The summed E-state index contributed by atoms with van der Waals surface area (Å²) in [7, 11) is 0. The third-order valence-electron chi connectivity index (χ3n) is 4.32. The van der Waals surface area contributed by atoms with Crippen LogP contribution < -0.4 is 11.1 Å². The Morgan fingerprint density at radius 3 is 2.65 bits per heavy atom. The average molecular weight is 276 g/mol. The van der Waals surface area contributed by atoms with Crippen LogP contribution in [0.5, 0.6) is 0 Å². The first kappa shape index (κ1) is 15.0. The molecular formula is C16H24N2O2. The first-order valence-electron chi connectivity index (χ1n) is 7.23. The Morgan fingerprint density at radius 2 is 2.05 bits per heavy atom. The molecule has 0 radical (unpaired) electrons. The number of rotatable bonds is 4. The highest BCUT2D eigenvalue weighted by Gasteiger charge is 2.39. The third kappa shape index (κ3) is 3.02. The molecule has 20 heavy (non-hydrogen) atoms. The standard InChI is InChI=1S/C16H24N2O2/c1-12-5-3-4-6-14(12)13(2)18-15(19)16(11-17)7-9-20-10-8-16/h3-6,13H,7-11,17H2,1-2H3,(H,18,19)/t13-/m1/s1. The molecule has 2 rings (SSSR count). The van der Waals surface area contributed by atoms with Crippen molar-refractivity contribution in [1.82, 2.24) is 5.32 Å². The summed E-state index contributed by atoms with van der Waals surface area (Å²) >= 11 is 0. The van der Waals surface area contributed by atoms with Crippen molar-refractivity contribution in [3.8, 4) is 0 Å². The number of nitrogens with two attached hydrogens (primary N) is 1. The molecule has 1 aromatic rings. The van der Waals surface area contributed by atoms with Gasteiger partial charge in [-0.3, -0.25) is 4.79 Å². The topological polar surface area (TPSA) is 64.4 Å². The molecule has 1 aliphatic rings. The van der Waals surface area contributed by atoms with Gasteiger partial charge in [0.05, 0.1) is 11.5 Å². The second-order valence-corrected chi connectivity index (χ2v) is 5.65. The molecule has 110 valence electrons. The molecule has 0 saturated carbocycles. The fourth-order valence-corrected chi connectivity index (χ4v) is 2.79. The molecule has 1 fully saturated rings. The van der Waals surface area contributed by atoms with Crippen LogP contribution in [0.15, 0.2) is 24.3 Å². The second-order valence-electron chi connectivity index (χ2n) is 5.65. The number of hydrogen-bond acceptors (Lipinski definition) is 3. The van der Waals surface area contributed by atoms with E-state index in [-0.39, 0.29) is 11.9 Å². The Hall–Kier alpha value is -1.39. The van der Waals surface area contributed by atoms with E-state index in [0.29, 0.717) is 32.6 Å². The highest BCUT2D eigenvalue weighted by atomic mass is 16.5. The van der Waals surface area contributed by atoms with Crippen LogP contribution in [0.1, 0.15) is 36.9 Å². The molecular weight excluding hydrogens is 252 g/mol. The summed E-state index contributed by atoms with van der Waals surface area (Å²) in [5.41, 5.74) is 7.75. The lowest BCUT2D eigenvalue weighted by Crippen LogP contribution is -2.49. The number of aryl methyl sites for hydroxylation is 1. The third-order valence-corrected chi connectivity index (χ3v) is 4.32. The SMILES string of the molecule is Cc1ccccc1[C@@H](C)NC(=O)C1(CN)CCOCC1. The van der Waals surface area contributed by atoms with Gasteiger partial charge >= 0.3 is 0 Å². The zero-order valence-corrected chi connectivity index (χ0v) is 12.3. The Kier molecular flexibility index (Phi) is 4.78. The Morgan fingerprint density at radius 1 is 1.40 bits per heavy atom. The monoisotopic (exact) mass is 276 g/mol. The fourth-order valence-electron chi connectivity index (χ4n) is 2.79. The molecule has 1 atom stereocenters. The molecule has 1 aliphatic heterocycles. The van der Waals surface area contributed by atoms with E-state index in [0.717, 1.165) is 5.56 Å². The van der Waals surface area contributed by atoms with Gasteiger partial charge in [-0.25, -0.2) is 0 Å². The van der Waals surface area contributed by atoms with Crippen LogP contribution in [0.4, 0.5) is 0 Å². The summed E-state index contributed by atoms with van der Waals surface area (Å²) in [6, 6.07) is 8.12. The lowest BCUT2D eigenvalue weighted by molar-refractivity contribution is -0.136. The summed E-state index contributed by atoms with van der Waals surface area (Å²) < 4.78 is 5.35. The molecule has 1 saturated heterocycles. The summed E-state index contributed by atoms with van der Waals surface area (Å²) in [5, 5.41) is 3.12. The molecule has 4 heteroatoms. The quantitative estimate of drug-likeness (QED) is 0.883. The fraction of sp³-hybridized carbons (Fsp3) is 0.562. The van der Waals surface area contributed by atoms with Gasteiger partial charge in [-0.05, 0) is 37.8 Å². The summed E-state index contributed by atoms with van der Waals surface area (Å²) in [6.45, 7) is 5.68. The average Bonchev–Trinajstić information content (AvgIpc) is 2.48. The van der Waals surface area contributed by atoms with Crippen molar-refractivity contribution in [3.63, 3.8) is 0 Å². The number of carbonyl (C=O) groups excluding carboxylic acids is 1. The maximum atomic E-state index is 12.6. The molecule has 4 nitrogen and oxygen atoms in total. The van der Waals surface area contributed by atoms with E-state index in [1.165, 1.54) is 5.56 Å². The van der Waals surface area contributed by atoms with Crippen LogP contribution in [0, 0.1) is 12.3 Å². The first-order chi connectivity index (χ1) is 9.59. The van der Waals surface area contributed by atoms with Crippen molar-refractivity contribution in [1.29, 1.82) is 0 Å².